The molecule has 2 rings (SSSR count). The normalized spacial score (nSPS) is 34.1. The maximum absolute atomic E-state index is 12.1. The molecule has 1 amide bonds. The number of amides is 1. The zero-order valence-electron chi connectivity index (χ0n) is 11.1. The van der Waals surface area contributed by atoms with Gasteiger partial charge in [0.1, 0.15) is 0 Å². The van der Waals surface area contributed by atoms with Gasteiger partial charge in [-0.05, 0) is 52.2 Å². The van der Waals surface area contributed by atoms with E-state index >= 15 is 0 Å². The molecule has 4 nitrogen and oxygen atoms in total. The van der Waals surface area contributed by atoms with Crippen LogP contribution in [-0.2, 0) is 4.79 Å². The number of likely N-dealkylation sites (tertiary alicyclic amines) is 1. The molecule has 0 aliphatic carbocycles. The average Bonchev–Trinajstić information content (AvgIpc) is 2.95. The summed E-state index contributed by atoms with van der Waals surface area (Å²) in [7, 11) is 0. The summed E-state index contributed by atoms with van der Waals surface area (Å²) in [4.78, 5) is 14.6. The lowest BCUT2D eigenvalue weighted by Gasteiger charge is -2.27. The summed E-state index contributed by atoms with van der Waals surface area (Å²) in [6, 6.07) is 0.550. The highest BCUT2D eigenvalue weighted by Gasteiger charge is 2.36. The number of carbonyl (C=O) groups is 1. The van der Waals surface area contributed by atoms with E-state index in [0.717, 1.165) is 32.5 Å². The number of nitrogens with zero attached hydrogens (tertiary/aromatic N) is 1. The topological polar surface area (TPSA) is 44.4 Å². The monoisotopic (exact) mass is 239 g/mol. The lowest BCUT2D eigenvalue weighted by molar-refractivity contribution is -0.126. The molecule has 2 atom stereocenters. The lowest BCUT2D eigenvalue weighted by atomic mass is 9.99. The number of likely N-dealkylation sites (N-methyl/N-ethyl adjacent to an activating group) is 1. The minimum Gasteiger partial charge on any atom is -0.353 e. The van der Waals surface area contributed by atoms with Gasteiger partial charge in [0.25, 0.3) is 0 Å². The number of nitrogens with one attached hydrogen (secondary N) is 2. The molecule has 0 bridgehead atoms. The molecule has 0 aromatic carbocycles. The molecule has 98 valence electrons. The van der Waals surface area contributed by atoms with E-state index in [9.17, 15) is 4.79 Å². The second-order valence-electron chi connectivity index (χ2n) is 5.50. The van der Waals surface area contributed by atoms with E-state index in [-0.39, 0.29) is 11.4 Å². The average molecular weight is 239 g/mol. The van der Waals surface area contributed by atoms with Crippen LogP contribution >= 0.6 is 0 Å². The van der Waals surface area contributed by atoms with Gasteiger partial charge < -0.3 is 10.6 Å². The summed E-state index contributed by atoms with van der Waals surface area (Å²) >= 11 is 0. The Labute approximate surface area is 104 Å². The van der Waals surface area contributed by atoms with E-state index in [0.29, 0.717) is 6.04 Å². The van der Waals surface area contributed by atoms with E-state index in [1.165, 1.54) is 19.4 Å². The highest BCUT2D eigenvalue weighted by Crippen LogP contribution is 2.19. The van der Waals surface area contributed by atoms with Crippen molar-refractivity contribution in [3.63, 3.8) is 0 Å². The molecule has 2 unspecified atom stereocenters. The van der Waals surface area contributed by atoms with Crippen LogP contribution in [0.4, 0.5) is 0 Å². The highest BCUT2D eigenvalue weighted by molar-refractivity contribution is 5.86. The second-order valence-corrected chi connectivity index (χ2v) is 5.50. The molecule has 2 N–H and O–H groups in total. The fourth-order valence-corrected chi connectivity index (χ4v) is 3.04. The Morgan fingerprint density at radius 2 is 2.35 bits per heavy atom. The molecule has 2 aliphatic rings. The summed E-state index contributed by atoms with van der Waals surface area (Å²) in [5.74, 6) is 0.179. The largest absolute Gasteiger partial charge is 0.353 e. The molecule has 2 aliphatic heterocycles. The van der Waals surface area contributed by atoms with E-state index in [4.69, 9.17) is 0 Å². The predicted molar refractivity (Wildman–Crippen MR) is 68.9 cm³/mol. The maximum atomic E-state index is 12.1. The number of carbonyl (C=O) groups excluding carboxylic acids is 1. The van der Waals surface area contributed by atoms with Gasteiger partial charge in [-0.2, -0.15) is 0 Å². The molecule has 4 heteroatoms. The van der Waals surface area contributed by atoms with Gasteiger partial charge in [0.2, 0.25) is 5.91 Å². The van der Waals surface area contributed by atoms with Crippen LogP contribution in [0, 0.1) is 0 Å². The van der Waals surface area contributed by atoms with Crippen LogP contribution in [-0.4, -0.2) is 48.6 Å². The van der Waals surface area contributed by atoms with Crippen LogP contribution in [0.1, 0.15) is 39.5 Å². The van der Waals surface area contributed by atoms with Crippen molar-refractivity contribution in [2.24, 2.45) is 0 Å². The molecule has 0 spiro atoms. The number of rotatable bonds is 4. The van der Waals surface area contributed by atoms with Crippen molar-refractivity contribution in [3.8, 4) is 0 Å². The van der Waals surface area contributed by atoms with Crippen molar-refractivity contribution in [2.45, 2.75) is 51.1 Å². The summed E-state index contributed by atoms with van der Waals surface area (Å²) in [6.45, 7) is 8.27. The van der Waals surface area contributed by atoms with Crippen LogP contribution < -0.4 is 10.6 Å². The molecule has 0 aromatic rings. The third kappa shape index (κ3) is 2.80. The van der Waals surface area contributed by atoms with Crippen LogP contribution in [0.15, 0.2) is 0 Å². The summed E-state index contributed by atoms with van der Waals surface area (Å²) in [5.41, 5.74) is -0.324. The smallest absolute Gasteiger partial charge is 0.240 e. The van der Waals surface area contributed by atoms with Crippen molar-refractivity contribution in [3.05, 3.63) is 0 Å². The Balaban J connectivity index is 1.79. The third-order valence-corrected chi connectivity index (χ3v) is 4.27. The van der Waals surface area contributed by atoms with Gasteiger partial charge in [0, 0.05) is 12.6 Å². The minimum atomic E-state index is -0.324. The fraction of sp³-hybridized carbons (Fsp3) is 0.923. The first-order valence-corrected chi connectivity index (χ1v) is 6.93. The maximum Gasteiger partial charge on any atom is 0.240 e. The summed E-state index contributed by atoms with van der Waals surface area (Å²) < 4.78 is 0. The van der Waals surface area contributed by atoms with Crippen LogP contribution in [0.3, 0.4) is 0 Å². The molecule has 2 fully saturated rings. The Hall–Kier alpha value is -0.610. The minimum absolute atomic E-state index is 0.179. The second kappa shape index (κ2) is 5.36. The Morgan fingerprint density at radius 3 is 3.00 bits per heavy atom. The van der Waals surface area contributed by atoms with E-state index in [1.54, 1.807) is 0 Å². The first kappa shape index (κ1) is 12.8. The van der Waals surface area contributed by atoms with Crippen molar-refractivity contribution < 1.29 is 4.79 Å². The van der Waals surface area contributed by atoms with E-state index < -0.39 is 0 Å². The van der Waals surface area contributed by atoms with Crippen LogP contribution in [0.5, 0.6) is 0 Å². The van der Waals surface area contributed by atoms with Gasteiger partial charge >= 0.3 is 0 Å². The number of hydrogen-bond acceptors (Lipinski definition) is 3. The zero-order valence-corrected chi connectivity index (χ0v) is 11.1. The van der Waals surface area contributed by atoms with Gasteiger partial charge in [-0.1, -0.05) is 6.92 Å². The molecule has 17 heavy (non-hydrogen) atoms. The van der Waals surface area contributed by atoms with Crippen molar-refractivity contribution in [1.82, 2.24) is 15.5 Å². The van der Waals surface area contributed by atoms with E-state index in [2.05, 4.69) is 22.5 Å². The van der Waals surface area contributed by atoms with Gasteiger partial charge in [-0.25, -0.2) is 0 Å². The van der Waals surface area contributed by atoms with Crippen LogP contribution in [0.25, 0.3) is 0 Å². The van der Waals surface area contributed by atoms with E-state index in [1.807, 2.05) is 6.92 Å². The highest BCUT2D eigenvalue weighted by atomic mass is 16.2. The van der Waals surface area contributed by atoms with Gasteiger partial charge in [0.05, 0.1) is 5.54 Å². The van der Waals surface area contributed by atoms with Gasteiger partial charge in [-0.3, -0.25) is 9.69 Å². The Bertz CT molecular complexity index is 274. The van der Waals surface area contributed by atoms with Gasteiger partial charge in [-0.15, -0.1) is 0 Å². The molecular weight excluding hydrogens is 214 g/mol. The molecule has 0 aromatic heterocycles. The van der Waals surface area contributed by atoms with Crippen molar-refractivity contribution in [1.29, 1.82) is 0 Å². The first-order valence-electron chi connectivity index (χ1n) is 6.93. The molecule has 2 saturated heterocycles. The SMILES string of the molecule is CCN1CCCC1CNC(=O)C1(C)CCCN1. The fourth-order valence-electron chi connectivity index (χ4n) is 3.04. The van der Waals surface area contributed by atoms with Crippen LogP contribution in [0.2, 0.25) is 0 Å². The standard InChI is InChI=1S/C13H25N3O/c1-3-16-9-4-6-11(16)10-14-12(17)13(2)7-5-8-15-13/h11,15H,3-10H2,1-2H3,(H,14,17). The summed E-state index contributed by atoms with van der Waals surface area (Å²) in [6.07, 6.45) is 4.55. The Kier molecular flexibility index (Phi) is 4.05. The van der Waals surface area contributed by atoms with Gasteiger partial charge in [0.15, 0.2) is 0 Å². The first-order chi connectivity index (χ1) is 8.15. The third-order valence-electron chi connectivity index (χ3n) is 4.27. The molecule has 0 radical (unpaired) electrons. The van der Waals surface area contributed by atoms with Crippen molar-refractivity contribution >= 4 is 5.91 Å². The zero-order chi connectivity index (χ0) is 12.3. The molecule has 0 saturated carbocycles. The predicted octanol–water partition coefficient (Wildman–Crippen LogP) is 0.729. The quantitative estimate of drug-likeness (QED) is 0.760. The molecular formula is C13H25N3O. The lowest BCUT2D eigenvalue weighted by Crippen LogP contribution is -2.53. The molecule has 2 heterocycles. The summed E-state index contributed by atoms with van der Waals surface area (Å²) in [5, 5.41) is 6.44. The Morgan fingerprint density at radius 1 is 1.53 bits per heavy atom. The van der Waals surface area contributed by atoms with Crippen molar-refractivity contribution in [2.75, 3.05) is 26.2 Å². The number of hydrogen-bond donors (Lipinski definition) is 2.